The number of carbonyl (C=O) groups excluding carboxylic acids is 1. The summed E-state index contributed by atoms with van der Waals surface area (Å²) in [7, 11) is 1.46. The Morgan fingerprint density at radius 2 is 1.88 bits per heavy atom. The van der Waals surface area contributed by atoms with E-state index in [0.29, 0.717) is 10.3 Å². The molecule has 1 saturated heterocycles. The Morgan fingerprint density at radius 3 is 2.46 bits per heavy atom. The van der Waals surface area contributed by atoms with Gasteiger partial charge in [-0.05, 0) is 29.8 Å². The van der Waals surface area contributed by atoms with Gasteiger partial charge in [0.15, 0.2) is 11.5 Å². The molecule has 2 heterocycles. The van der Waals surface area contributed by atoms with Crippen molar-refractivity contribution in [3.05, 3.63) is 53.3 Å². The minimum absolute atomic E-state index is 0.0777. The number of alkyl halides is 3. The van der Waals surface area contributed by atoms with Crippen molar-refractivity contribution in [1.82, 2.24) is 4.98 Å². The predicted octanol–water partition coefficient (Wildman–Crippen LogP) is 4.81. The molecule has 1 aromatic carbocycles. The molecule has 0 amide bonds. The molecule has 0 spiro atoms. The standard InChI is InChI=1S/C17H14F3NO3S2/c1-23-13-8-10(16-25-6-7-26-16)2-4-12(13)24-15(22)11-3-5-14(21-9-11)17(18,19)20/h2-5,8-9,16H,6-7H2,1H3. The number of ether oxygens (including phenoxy) is 2. The molecule has 0 N–H and O–H groups in total. The van der Waals surface area contributed by atoms with Gasteiger partial charge in [0.1, 0.15) is 5.69 Å². The first-order valence-corrected chi connectivity index (χ1v) is 9.65. The average Bonchev–Trinajstić information content (AvgIpc) is 3.16. The Morgan fingerprint density at radius 1 is 1.15 bits per heavy atom. The number of pyridine rings is 1. The molecule has 1 fully saturated rings. The maximum atomic E-state index is 12.5. The summed E-state index contributed by atoms with van der Waals surface area (Å²) in [5, 5.41) is 0. The van der Waals surface area contributed by atoms with E-state index in [1.165, 1.54) is 7.11 Å². The highest BCUT2D eigenvalue weighted by atomic mass is 32.2. The van der Waals surface area contributed by atoms with Crippen LogP contribution in [-0.4, -0.2) is 29.6 Å². The highest BCUT2D eigenvalue weighted by molar-refractivity contribution is 8.19. The zero-order valence-electron chi connectivity index (χ0n) is 13.6. The molecule has 26 heavy (non-hydrogen) atoms. The van der Waals surface area contributed by atoms with E-state index in [2.05, 4.69) is 4.98 Å². The number of hydrogen-bond acceptors (Lipinski definition) is 6. The maximum Gasteiger partial charge on any atom is 0.433 e. The van der Waals surface area contributed by atoms with Crippen molar-refractivity contribution in [3.63, 3.8) is 0 Å². The van der Waals surface area contributed by atoms with Crippen molar-refractivity contribution in [2.75, 3.05) is 18.6 Å². The van der Waals surface area contributed by atoms with Crippen molar-refractivity contribution < 1.29 is 27.4 Å². The summed E-state index contributed by atoms with van der Waals surface area (Å²) in [4.78, 5) is 15.4. The van der Waals surface area contributed by atoms with E-state index < -0.39 is 17.8 Å². The van der Waals surface area contributed by atoms with Gasteiger partial charge in [0.25, 0.3) is 0 Å². The second-order valence-corrected chi connectivity index (χ2v) is 8.03. The molecule has 4 nitrogen and oxygen atoms in total. The molecule has 1 aliphatic heterocycles. The fraction of sp³-hybridized carbons (Fsp3) is 0.294. The fourth-order valence-corrected chi connectivity index (χ4v) is 5.15. The van der Waals surface area contributed by atoms with Gasteiger partial charge in [-0.1, -0.05) is 6.07 Å². The van der Waals surface area contributed by atoms with Crippen LogP contribution in [0.15, 0.2) is 36.5 Å². The number of halogens is 3. The molecule has 2 aromatic rings. The quantitative estimate of drug-likeness (QED) is 0.541. The van der Waals surface area contributed by atoms with Crippen LogP contribution in [0.2, 0.25) is 0 Å². The first kappa shape index (κ1) is 18.9. The van der Waals surface area contributed by atoms with Gasteiger partial charge in [-0.2, -0.15) is 13.2 Å². The van der Waals surface area contributed by atoms with Crippen LogP contribution in [-0.2, 0) is 6.18 Å². The number of esters is 1. The lowest BCUT2D eigenvalue weighted by molar-refractivity contribution is -0.141. The molecular weight excluding hydrogens is 387 g/mol. The Kier molecular flexibility index (Phi) is 5.67. The highest BCUT2D eigenvalue weighted by Gasteiger charge is 2.32. The van der Waals surface area contributed by atoms with Crippen LogP contribution in [0.5, 0.6) is 11.5 Å². The summed E-state index contributed by atoms with van der Waals surface area (Å²) in [6.07, 6.45) is -3.71. The Labute approximate surface area is 156 Å². The third-order valence-corrected chi connectivity index (χ3v) is 6.68. The van der Waals surface area contributed by atoms with Gasteiger partial charge in [-0.15, -0.1) is 23.5 Å². The van der Waals surface area contributed by atoms with Crippen LogP contribution in [0, 0.1) is 0 Å². The van der Waals surface area contributed by atoms with Crippen molar-refractivity contribution in [2.24, 2.45) is 0 Å². The van der Waals surface area contributed by atoms with E-state index in [4.69, 9.17) is 9.47 Å². The van der Waals surface area contributed by atoms with Crippen LogP contribution in [0.25, 0.3) is 0 Å². The fourth-order valence-electron chi connectivity index (χ4n) is 2.31. The van der Waals surface area contributed by atoms with Gasteiger partial charge in [0.05, 0.1) is 17.3 Å². The number of nitrogens with zero attached hydrogens (tertiary/aromatic N) is 1. The van der Waals surface area contributed by atoms with Crippen molar-refractivity contribution >= 4 is 29.5 Å². The minimum atomic E-state index is -4.56. The summed E-state index contributed by atoms with van der Waals surface area (Å²) >= 11 is 3.67. The molecule has 9 heteroatoms. The van der Waals surface area contributed by atoms with E-state index in [-0.39, 0.29) is 11.3 Å². The molecule has 3 rings (SSSR count). The number of methoxy groups -OCH3 is 1. The summed E-state index contributed by atoms with van der Waals surface area (Å²) < 4.78 is 48.5. The van der Waals surface area contributed by atoms with Crippen LogP contribution in [0.3, 0.4) is 0 Å². The molecule has 0 saturated carbocycles. The van der Waals surface area contributed by atoms with Crippen LogP contribution in [0.4, 0.5) is 13.2 Å². The largest absolute Gasteiger partial charge is 0.493 e. The van der Waals surface area contributed by atoms with E-state index >= 15 is 0 Å². The van der Waals surface area contributed by atoms with Crippen LogP contribution >= 0.6 is 23.5 Å². The molecule has 0 unspecified atom stereocenters. The second-order valence-electron chi connectivity index (χ2n) is 5.30. The van der Waals surface area contributed by atoms with Gasteiger partial charge in [-0.3, -0.25) is 4.98 Å². The van der Waals surface area contributed by atoms with Crippen molar-refractivity contribution in [1.29, 1.82) is 0 Å². The maximum absolute atomic E-state index is 12.5. The Balaban J connectivity index is 1.76. The molecule has 0 aliphatic carbocycles. The Bertz CT molecular complexity index is 791. The zero-order chi connectivity index (χ0) is 18.7. The number of carbonyl (C=O) groups is 1. The number of thioether (sulfide) groups is 2. The van der Waals surface area contributed by atoms with Gasteiger partial charge in [0.2, 0.25) is 0 Å². The predicted molar refractivity (Wildman–Crippen MR) is 94.8 cm³/mol. The van der Waals surface area contributed by atoms with Crippen molar-refractivity contribution in [2.45, 2.75) is 10.8 Å². The smallest absolute Gasteiger partial charge is 0.433 e. The number of hydrogen-bond donors (Lipinski definition) is 0. The first-order valence-electron chi connectivity index (χ1n) is 7.55. The van der Waals surface area contributed by atoms with Crippen LogP contribution < -0.4 is 9.47 Å². The van der Waals surface area contributed by atoms with E-state index in [9.17, 15) is 18.0 Å². The number of benzene rings is 1. The SMILES string of the molecule is COc1cc(C2SCCS2)ccc1OC(=O)c1ccc(C(F)(F)F)nc1. The lowest BCUT2D eigenvalue weighted by atomic mass is 10.2. The topological polar surface area (TPSA) is 48.4 Å². The Hall–Kier alpha value is -1.87. The summed E-state index contributed by atoms with van der Waals surface area (Å²) in [5.74, 6) is 1.95. The van der Waals surface area contributed by atoms with Gasteiger partial charge >= 0.3 is 12.1 Å². The van der Waals surface area contributed by atoms with E-state index in [1.807, 2.05) is 35.7 Å². The third kappa shape index (κ3) is 4.27. The van der Waals surface area contributed by atoms with Gasteiger partial charge < -0.3 is 9.47 Å². The lowest BCUT2D eigenvalue weighted by Crippen LogP contribution is -2.12. The van der Waals surface area contributed by atoms with Gasteiger partial charge in [-0.25, -0.2) is 4.79 Å². The molecular formula is C17H14F3NO3S2. The van der Waals surface area contributed by atoms with E-state index in [0.717, 1.165) is 35.4 Å². The molecule has 1 aromatic heterocycles. The second kappa shape index (κ2) is 7.79. The minimum Gasteiger partial charge on any atom is -0.493 e. The molecule has 1 aliphatic rings. The van der Waals surface area contributed by atoms with E-state index in [1.54, 1.807) is 6.07 Å². The molecule has 0 bridgehead atoms. The average molecular weight is 401 g/mol. The summed E-state index contributed by atoms with van der Waals surface area (Å²) in [6.45, 7) is 0. The van der Waals surface area contributed by atoms with Gasteiger partial charge in [0, 0.05) is 17.7 Å². The summed E-state index contributed by atoms with van der Waals surface area (Å²) in [5.41, 5.74) is -0.0843. The molecule has 0 radical (unpaired) electrons. The molecule has 138 valence electrons. The summed E-state index contributed by atoms with van der Waals surface area (Å²) in [6, 6.07) is 7.06. The van der Waals surface area contributed by atoms with Crippen LogP contribution in [0.1, 0.15) is 26.2 Å². The zero-order valence-corrected chi connectivity index (χ0v) is 15.2. The lowest BCUT2D eigenvalue weighted by Gasteiger charge is -2.13. The molecule has 0 atom stereocenters. The van der Waals surface area contributed by atoms with Crippen molar-refractivity contribution in [3.8, 4) is 11.5 Å². The first-order chi connectivity index (χ1) is 12.4. The number of rotatable bonds is 4. The normalized spacial score (nSPS) is 15.1. The third-order valence-electron chi connectivity index (χ3n) is 3.57. The highest BCUT2D eigenvalue weighted by Crippen LogP contribution is 2.47. The number of aromatic nitrogens is 1. The monoisotopic (exact) mass is 401 g/mol.